The number of hydrogen-bond donors (Lipinski definition) is 1. The number of aromatic nitrogens is 2. The third-order valence-electron chi connectivity index (χ3n) is 2.79. The van der Waals surface area contributed by atoms with Crippen LogP contribution in [0, 0.1) is 20.8 Å². The molecule has 0 aliphatic rings. The monoisotopic (exact) mass is 213 g/mol. The molecule has 1 heterocycles. The van der Waals surface area contributed by atoms with Crippen LogP contribution in [0.3, 0.4) is 0 Å². The molecule has 16 heavy (non-hydrogen) atoms. The van der Waals surface area contributed by atoms with Crippen LogP contribution in [0.4, 0.5) is 5.82 Å². The first-order valence-corrected chi connectivity index (χ1v) is 5.23. The van der Waals surface area contributed by atoms with Crippen molar-refractivity contribution in [3.63, 3.8) is 0 Å². The van der Waals surface area contributed by atoms with Crippen molar-refractivity contribution in [1.82, 2.24) is 9.97 Å². The lowest BCUT2D eigenvalue weighted by Crippen LogP contribution is -1.95. The second kappa shape index (κ2) is 3.93. The number of anilines is 1. The van der Waals surface area contributed by atoms with E-state index in [4.69, 9.17) is 5.73 Å². The number of nitrogens with two attached hydrogens (primary N) is 1. The van der Waals surface area contributed by atoms with Gasteiger partial charge in [-0.15, -0.1) is 0 Å². The maximum atomic E-state index is 5.52. The zero-order valence-electron chi connectivity index (χ0n) is 9.78. The Labute approximate surface area is 95.4 Å². The molecule has 0 aliphatic carbocycles. The van der Waals surface area contributed by atoms with Crippen molar-refractivity contribution in [2.45, 2.75) is 20.8 Å². The summed E-state index contributed by atoms with van der Waals surface area (Å²) in [4.78, 5) is 8.36. The summed E-state index contributed by atoms with van der Waals surface area (Å²) in [6, 6.07) is 4.31. The zero-order chi connectivity index (χ0) is 11.7. The van der Waals surface area contributed by atoms with Gasteiger partial charge in [-0.2, -0.15) is 0 Å². The smallest absolute Gasteiger partial charge is 0.141 e. The predicted molar refractivity (Wildman–Crippen MR) is 66.1 cm³/mol. The normalized spacial score (nSPS) is 10.4. The van der Waals surface area contributed by atoms with E-state index in [1.54, 1.807) is 12.4 Å². The summed E-state index contributed by atoms with van der Waals surface area (Å²) in [7, 11) is 0. The molecule has 0 radical (unpaired) electrons. The summed E-state index contributed by atoms with van der Waals surface area (Å²) in [5.41, 5.74) is 11.3. The Balaban J connectivity index is 2.56. The average Bonchev–Trinajstić information content (AvgIpc) is 2.25. The van der Waals surface area contributed by atoms with E-state index in [9.17, 15) is 0 Å². The first-order valence-electron chi connectivity index (χ1n) is 5.23. The molecule has 0 saturated heterocycles. The summed E-state index contributed by atoms with van der Waals surface area (Å²) >= 11 is 0. The first kappa shape index (κ1) is 10.6. The minimum absolute atomic E-state index is 0.449. The lowest BCUT2D eigenvalue weighted by molar-refractivity contribution is 1.20. The number of nitrogens with zero attached hydrogens (tertiary/aromatic N) is 2. The molecule has 2 aromatic rings. The van der Waals surface area contributed by atoms with E-state index in [-0.39, 0.29) is 0 Å². The van der Waals surface area contributed by atoms with Crippen molar-refractivity contribution in [2.24, 2.45) is 0 Å². The van der Waals surface area contributed by atoms with Crippen LogP contribution in [-0.2, 0) is 0 Å². The molecule has 3 heteroatoms. The highest BCUT2D eigenvalue weighted by Crippen LogP contribution is 2.24. The summed E-state index contributed by atoms with van der Waals surface area (Å²) in [6.07, 6.45) is 3.30. The van der Waals surface area contributed by atoms with Gasteiger partial charge in [0.05, 0.1) is 18.1 Å². The number of nitrogen functional groups attached to an aromatic ring is 1. The summed E-state index contributed by atoms with van der Waals surface area (Å²) in [6.45, 7) is 6.30. The second-order valence-corrected chi connectivity index (χ2v) is 4.08. The minimum atomic E-state index is 0.449. The Hall–Kier alpha value is -1.90. The zero-order valence-corrected chi connectivity index (χ0v) is 9.78. The van der Waals surface area contributed by atoms with Crippen LogP contribution in [0.1, 0.15) is 16.7 Å². The Bertz CT molecular complexity index is 515. The maximum absolute atomic E-state index is 5.52. The SMILES string of the molecule is Cc1cc(C)c(-c2cnc(N)cn2)cc1C. The highest BCUT2D eigenvalue weighted by Gasteiger charge is 2.05. The summed E-state index contributed by atoms with van der Waals surface area (Å²) < 4.78 is 0. The van der Waals surface area contributed by atoms with Gasteiger partial charge >= 0.3 is 0 Å². The van der Waals surface area contributed by atoms with Crippen molar-refractivity contribution in [3.05, 3.63) is 41.2 Å². The fraction of sp³-hybridized carbons (Fsp3) is 0.231. The summed E-state index contributed by atoms with van der Waals surface area (Å²) in [5, 5.41) is 0. The number of aryl methyl sites for hydroxylation is 3. The van der Waals surface area contributed by atoms with Crippen molar-refractivity contribution in [1.29, 1.82) is 0 Å². The molecule has 0 aliphatic heterocycles. The molecular weight excluding hydrogens is 198 g/mol. The van der Waals surface area contributed by atoms with Crippen molar-refractivity contribution >= 4 is 5.82 Å². The van der Waals surface area contributed by atoms with E-state index >= 15 is 0 Å². The van der Waals surface area contributed by atoms with Gasteiger partial charge in [0, 0.05) is 5.56 Å². The number of rotatable bonds is 1. The van der Waals surface area contributed by atoms with Crippen LogP contribution < -0.4 is 5.73 Å². The molecule has 1 aromatic carbocycles. The first-order chi connectivity index (χ1) is 7.58. The highest BCUT2D eigenvalue weighted by atomic mass is 14.9. The molecule has 0 spiro atoms. The molecule has 3 nitrogen and oxygen atoms in total. The van der Waals surface area contributed by atoms with Gasteiger partial charge in [0.25, 0.3) is 0 Å². The molecule has 0 bridgehead atoms. The van der Waals surface area contributed by atoms with E-state index in [2.05, 4.69) is 42.9 Å². The molecule has 2 rings (SSSR count). The van der Waals surface area contributed by atoms with E-state index in [1.807, 2.05) is 0 Å². The highest BCUT2D eigenvalue weighted by molar-refractivity contribution is 5.64. The lowest BCUT2D eigenvalue weighted by Gasteiger charge is -2.09. The van der Waals surface area contributed by atoms with Crippen LogP contribution >= 0.6 is 0 Å². The van der Waals surface area contributed by atoms with Crippen LogP contribution in [0.15, 0.2) is 24.5 Å². The third-order valence-corrected chi connectivity index (χ3v) is 2.79. The topological polar surface area (TPSA) is 51.8 Å². The van der Waals surface area contributed by atoms with Crippen molar-refractivity contribution in [3.8, 4) is 11.3 Å². The molecule has 82 valence electrons. The predicted octanol–water partition coefficient (Wildman–Crippen LogP) is 2.65. The van der Waals surface area contributed by atoms with Gasteiger partial charge in [-0.3, -0.25) is 4.98 Å². The quantitative estimate of drug-likeness (QED) is 0.792. The average molecular weight is 213 g/mol. The van der Waals surface area contributed by atoms with Crippen LogP contribution in [0.2, 0.25) is 0 Å². The van der Waals surface area contributed by atoms with Crippen LogP contribution in [0.25, 0.3) is 11.3 Å². The molecule has 0 fully saturated rings. The van der Waals surface area contributed by atoms with Crippen LogP contribution in [-0.4, -0.2) is 9.97 Å². The number of benzene rings is 1. The Morgan fingerprint density at radius 2 is 1.56 bits per heavy atom. The van der Waals surface area contributed by atoms with Gasteiger partial charge < -0.3 is 5.73 Å². The van der Waals surface area contributed by atoms with E-state index in [0.717, 1.165) is 11.3 Å². The Morgan fingerprint density at radius 1 is 0.875 bits per heavy atom. The van der Waals surface area contributed by atoms with Gasteiger partial charge in [-0.1, -0.05) is 6.07 Å². The lowest BCUT2D eigenvalue weighted by atomic mass is 9.99. The Morgan fingerprint density at radius 3 is 2.19 bits per heavy atom. The van der Waals surface area contributed by atoms with E-state index in [0.29, 0.717) is 5.82 Å². The standard InChI is InChI=1S/C13H15N3/c1-8-4-10(3)11(5-9(8)2)12-6-16-13(14)7-15-12/h4-7H,1-3H3,(H2,14,16). The Kier molecular flexibility index (Phi) is 2.60. The van der Waals surface area contributed by atoms with Crippen LogP contribution in [0.5, 0.6) is 0 Å². The van der Waals surface area contributed by atoms with Gasteiger partial charge in [0.2, 0.25) is 0 Å². The molecule has 0 unspecified atom stereocenters. The molecule has 0 saturated carbocycles. The molecule has 1 aromatic heterocycles. The van der Waals surface area contributed by atoms with Gasteiger partial charge in [0.1, 0.15) is 5.82 Å². The summed E-state index contributed by atoms with van der Waals surface area (Å²) in [5.74, 6) is 0.449. The van der Waals surface area contributed by atoms with Gasteiger partial charge in [-0.25, -0.2) is 4.98 Å². The molecular formula is C13H15N3. The van der Waals surface area contributed by atoms with Gasteiger partial charge in [-0.05, 0) is 43.5 Å². The molecule has 2 N–H and O–H groups in total. The maximum Gasteiger partial charge on any atom is 0.141 e. The second-order valence-electron chi connectivity index (χ2n) is 4.08. The fourth-order valence-electron chi connectivity index (χ4n) is 1.71. The van der Waals surface area contributed by atoms with E-state index in [1.165, 1.54) is 16.7 Å². The minimum Gasteiger partial charge on any atom is -0.382 e. The van der Waals surface area contributed by atoms with E-state index < -0.39 is 0 Å². The molecule has 0 atom stereocenters. The largest absolute Gasteiger partial charge is 0.382 e. The van der Waals surface area contributed by atoms with Gasteiger partial charge in [0.15, 0.2) is 0 Å². The fourth-order valence-corrected chi connectivity index (χ4v) is 1.71. The number of hydrogen-bond acceptors (Lipinski definition) is 3. The van der Waals surface area contributed by atoms with Crippen molar-refractivity contribution in [2.75, 3.05) is 5.73 Å². The third kappa shape index (κ3) is 1.89. The van der Waals surface area contributed by atoms with Crippen molar-refractivity contribution < 1.29 is 0 Å². The molecule has 0 amide bonds.